The van der Waals surface area contributed by atoms with Crippen molar-refractivity contribution in [3.63, 3.8) is 0 Å². The molecular weight excluding hydrogens is 190 g/mol. The summed E-state index contributed by atoms with van der Waals surface area (Å²) in [5.41, 5.74) is 6.34. The van der Waals surface area contributed by atoms with E-state index in [1.165, 1.54) is 25.8 Å². The van der Waals surface area contributed by atoms with Crippen molar-refractivity contribution < 1.29 is 4.52 Å². The van der Waals surface area contributed by atoms with E-state index in [9.17, 15) is 0 Å². The van der Waals surface area contributed by atoms with E-state index in [0.29, 0.717) is 12.6 Å². The molecule has 0 aromatic carbocycles. The van der Waals surface area contributed by atoms with Crippen LogP contribution in [0.15, 0.2) is 10.6 Å². The van der Waals surface area contributed by atoms with Crippen LogP contribution < -0.4 is 5.73 Å². The lowest BCUT2D eigenvalue weighted by Gasteiger charge is -2.31. The van der Waals surface area contributed by atoms with Gasteiger partial charge in [0, 0.05) is 25.1 Å². The Bertz CT molecular complexity index is 311. The van der Waals surface area contributed by atoms with Gasteiger partial charge in [0.1, 0.15) is 5.76 Å². The Hall–Kier alpha value is -0.870. The maximum atomic E-state index is 5.49. The number of piperidine rings is 1. The van der Waals surface area contributed by atoms with Crippen molar-refractivity contribution >= 4 is 0 Å². The zero-order chi connectivity index (χ0) is 10.7. The van der Waals surface area contributed by atoms with E-state index in [1.807, 2.05) is 6.07 Å². The van der Waals surface area contributed by atoms with Gasteiger partial charge in [-0.05, 0) is 26.4 Å². The Morgan fingerprint density at radius 3 is 3.13 bits per heavy atom. The lowest BCUT2D eigenvalue weighted by atomic mass is 9.99. The SMILES string of the molecule is CN1CCCCC1Cc1cc(CN)no1. The Kier molecular flexibility index (Phi) is 3.38. The Morgan fingerprint density at radius 1 is 1.60 bits per heavy atom. The van der Waals surface area contributed by atoms with Crippen LogP contribution in [0.2, 0.25) is 0 Å². The molecule has 84 valence electrons. The normalized spacial score (nSPS) is 23.2. The highest BCUT2D eigenvalue weighted by molar-refractivity contribution is 5.06. The molecule has 0 spiro atoms. The first-order valence-electron chi connectivity index (χ1n) is 5.64. The summed E-state index contributed by atoms with van der Waals surface area (Å²) in [4.78, 5) is 2.41. The van der Waals surface area contributed by atoms with Crippen LogP contribution in [0.3, 0.4) is 0 Å². The summed E-state index contributed by atoms with van der Waals surface area (Å²) in [6, 6.07) is 2.58. The largest absolute Gasteiger partial charge is 0.361 e. The molecule has 0 radical (unpaired) electrons. The smallest absolute Gasteiger partial charge is 0.138 e. The molecule has 4 nitrogen and oxygen atoms in total. The van der Waals surface area contributed by atoms with Gasteiger partial charge in [-0.25, -0.2) is 0 Å². The fourth-order valence-corrected chi connectivity index (χ4v) is 2.18. The molecule has 1 aromatic heterocycles. The molecule has 0 aliphatic carbocycles. The number of nitrogens with two attached hydrogens (primary N) is 1. The number of likely N-dealkylation sites (N-methyl/N-ethyl adjacent to an activating group) is 1. The van der Waals surface area contributed by atoms with E-state index >= 15 is 0 Å². The van der Waals surface area contributed by atoms with Crippen molar-refractivity contribution in [2.24, 2.45) is 5.73 Å². The summed E-state index contributed by atoms with van der Waals surface area (Å²) < 4.78 is 5.25. The van der Waals surface area contributed by atoms with Crippen LogP contribution in [0.4, 0.5) is 0 Å². The summed E-state index contributed by atoms with van der Waals surface area (Å²) >= 11 is 0. The van der Waals surface area contributed by atoms with E-state index in [0.717, 1.165) is 17.9 Å². The first-order valence-corrected chi connectivity index (χ1v) is 5.64. The van der Waals surface area contributed by atoms with Gasteiger partial charge < -0.3 is 15.2 Å². The Balaban J connectivity index is 1.95. The van der Waals surface area contributed by atoms with Gasteiger partial charge in [-0.15, -0.1) is 0 Å². The van der Waals surface area contributed by atoms with E-state index in [2.05, 4.69) is 17.1 Å². The summed E-state index contributed by atoms with van der Waals surface area (Å²) in [6.45, 7) is 1.66. The Morgan fingerprint density at radius 2 is 2.47 bits per heavy atom. The second-order valence-corrected chi connectivity index (χ2v) is 4.32. The lowest BCUT2D eigenvalue weighted by molar-refractivity contribution is 0.175. The molecule has 1 aliphatic heterocycles. The standard InChI is InChI=1S/C11H19N3O/c1-14-5-3-2-4-10(14)7-11-6-9(8-12)13-15-11/h6,10H,2-5,7-8,12H2,1H3. The molecule has 0 bridgehead atoms. The summed E-state index contributed by atoms with van der Waals surface area (Å²) in [5, 5.41) is 3.91. The highest BCUT2D eigenvalue weighted by atomic mass is 16.5. The predicted molar refractivity (Wildman–Crippen MR) is 58.4 cm³/mol. The van der Waals surface area contributed by atoms with Gasteiger partial charge in [0.25, 0.3) is 0 Å². The van der Waals surface area contributed by atoms with Crippen LogP contribution in [0.25, 0.3) is 0 Å². The number of aromatic nitrogens is 1. The fourth-order valence-electron chi connectivity index (χ4n) is 2.18. The molecule has 1 saturated heterocycles. The van der Waals surface area contributed by atoms with Crippen LogP contribution in [-0.2, 0) is 13.0 Å². The van der Waals surface area contributed by atoms with Crippen molar-refractivity contribution in [2.75, 3.05) is 13.6 Å². The minimum absolute atomic E-state index is 0.462. The molecule has 2 N–H and O–H groups in total. The van der Waals surface area contributed by atoms with E-state index < -0.39 is 0 Å². The van der Waals surface area contributed by atoms with Crippen molar-refractivity contribution in [1.29, 1.82) is 0 Å². The van der Waals surface area contributed by atoms with Crippen molar-refractivity contribution in [3.8, 4) is 0 Å². The minimum Gasteiger partial charge on any atom is -0.361 e. The van der Waals surface area contributed by atoms with Gasteiger partial charge in [-0.1, -0.05) is 11.6 Å². The average Bonchev–Trinajstić information content (AvgIpc) is 2.69. The summed E-state index contributed by atoms with van der Waals surface area (Å²) in [6.07, 6.45) is 4.86. The molecule has 1 unspecified atom stereocenters. The highest BCUT2D eigenvalue weighted by Crippen LogP contribution is 2.19. The number of rotatable bonds is 3. The molecule has 15 heavy (non-hydrogen) atoms. The number of nitrogens with zero attached hydrogens (tertiary/aromatic N) is 2. The van der Waals surface area contributed by atoms with Gasteiger partial charge >= 0.3 is 0 Å². The fraction of sp³-hybridized carbons (Fsp3) is 0.727. The molecule has 2 rings (SSSR count). The molecule has 2 heterocycles. The van der Waals surface area contributed by atoms with Gasteiger partial charge in [0.15, 0.2) is 0 Å². The average molecular weight is 209 g/mol. The predicted octanol–water partition coefficient (Wildman–Crippen LogP) is 1.16. The highest BCUT2D eigenvalue weighted by Gasteiger charge is 2.20. The third-order valence-corrected chi connectivity index (χ3v) is 3.18. The molecule has 1 aliphatic rings. The van der Waals surface area contributed by atoms with Gasteiger partial charge in [-0.2, -0.15) is 0 Å². The zero-order valence-corrected chi connectivity index (χ0v) is 9.28. The quantitative estimate of drug-likeness (QED) is 0.811. The van der Waals surface area contributed by atoms with E-state index in [-0.39, 0.29) is 0 Å². The minimum atomic E-state index is 0.462. The van der Waals surface area contributed by atoms with Gasteiger partial charge in [-0.3, -0.25) is 0 Å². The molecular formula is C11H19N3O. The maximum Gasteiger partial charge on any atom is 0.138 e. The maximum absolute atomic E-state index is 5.49. The van der Waals surface area contributed by atoms with E-state index in [1.54, 1.807) is 0 Å². The van der Waals surface area contributed by atoms with Gasteiger partial charge in [0.2, 0.25) is 0 Å². The molecule has 0 saturated carbocycles. The monoisotopic (exact) mass is 209 g/mol. The van der Waals surface area contributed by atoms with Crippen LogP contribution in [0.1, 0.15) is 30.7 Å². The van der Waals surface area contributed by atoms with Crippen LogP contribution >= 0.6 is 0 Å². The molecule has 1 fully saturated rings. The summed E-state index contributed by atoms with van der Waals surface area (Å²) in [5.74, 6) is 0.967. The van der Waals surface area contributed by atoms with Crippen molar-refractivity contribution in [3.05, 3.63) is 17.5 Å². The molecule has 4 heteroatoms. The van der Waals surface area contributed by atoms with Crippen LogP contribution in [-0.4, -0.2) is 29.7 Å². The second-order valence-electron chi connectivity index (χ2n) is 4.32. The van der Waals surface area contributed by atoms with Crippen LogP contribution in [0.5, 0.6) is 0 Å². The number of likely N-dealkylation sites (tertiary alicyclic amines) is 1. The third-order valence-electron chi connectivity index (χ3n) is 3.18. The molecule has 1 atom stereocenters. The number of hydrogen-bond acceptors (Lipinski definition) is 4. The summed E-state index contributed by atoms with van der Waals surface area (Å²) in [7, 11) is 2.18. The topological polar surface area (TPSA) is 55.3 Å². The molecule has 0 amide bonds. The molecule has 1 aromatic rings. The van der Waals surface area contributed by atoms with Crippen molar-refractivity contribution in [1.82, 2.24) is 10.1 Å². The first kappa shape index (κ1) is 10.6. The second kappa shape index (κ2) is 4.77. The van der Waals surface area contributed by atoms with Gasteiger partial charge in [0.05, 0.1) is 5.69 Å². The third kappa shape index (κ3) is 2.58. The Labute approximate surface area is 90.4 Å². The lowest BCUT2D eigenvalue weighted by Crippen LogP contribution is -2.37. The first-order chi connectivity index (χ1) is 7.29. The number of hydrogen-bond donors (Lipinski definition) is 1. The zero-order valence-electron chi connectivity index (χ0n) is 9.28. The van der Waals surface area contributed by atoms with Crippen molar-refractivity contribution in [2.45, 2.75) is 38.3 Å². The van der Waals surface area contributed by atoms with E-state index in [4.69, 9.17) is 10.3 Å². The van der Waals surface area contributed by atoms with Crippen LogP contribution in [0, 0.1) is 0 Å².